The Morgan fingerprint density at radius 2 is 1.04 bits per heavy atom. The molecule has 0 bridgehead atoms. The van der Waals surface area contributed by atoms with E-state index < -0.39 is 6.04 Å². The van der Waals surface area contributed by atoms with Crippen molar-refractivity contribution in [2.75, 3.05) is 0 Å². The number of thiophene rings is 1. The van der Waals surface area contributed by atoms with Crippen LogP contribution in [0.15, 0.2) is 158 Å². The van der Waals surface area contributed by atoms with Crippen LogP contribution in [0.4, 0.5) is 0 Å². The quantitative estimate of drug-likeness (QED) is 0.192. The Bertz CT molecular complexity index is 2980. The van der Waals surface area contributed by atoms with Gasteiger partial charge in [-0.25, -0.2) is 0 Å². The fraction of sp³-hybridized carbons (Fsp3) is 0. The molecule has 0 aliphatic heterocycles. The van der Waals surface area contributed by atoms with Crippen LogP contribution < -0.4 is 0 Å². The average Bonchev–Trinajstić information content (AvgIpc) is 3.81. The minimum Gasteiger partial charge on any atom is -0.309 e. The second-order valence-electron chi connectivity index (χ2n) is 11.4. The van der Waals surface area contributed by atoms with E-state index in [9.17, 15) is 0 Å². The highest BCUT2D eigenvalue weighted by Crippen LogP contribution is 2.45. The van der Waals surface area contributed by atoms with E-state index >= 15 is 0 Å². The average molecular weight is 596 g/mol. The molecule has 10 rings (SSSR count). The van der Waals surface area contributed by atoms with Crippen molar-refractivity contribution < 1.29 is 6.85 Å². The summed E-state index contributed by atoms with van der Waals surface area (Å²) in [6.07, 6.45) is 0. The van der Waals surface area contributed by atoms with Crippen LogP contribution in [-0.4, -0.2) is 9.13 Å². The van der Waals surface area contributed by atoms with Crippen LogP contribution in [0.25, 0.3) is 86.3 Å². The topological polar surface area (TPSA) is 9.86 Å². The standard InChI is InChI=1S/C42H26N2S/c1-2-12-27(13-3-1)29-24-25-40-41(34-17-7-11-21-39(34)45-40)42(29)44-37-20-10-6-16-32(37)33-23-22-28(26-38(33)44)43-35-18-8-4-14-30(35)31-15-5-9-19-36(31)43/h1-26H/i1D,2D,3D,12D,13D. The molecule has 7 aromatic carbocycles. The normalized spacial score (nSPS) is 13.6. The summed E-state index contributed by atoms with van der Waals surface area (Å²) in [6, 6.07) is 42.5. The second kappa shape index (κ2) is 9.43. The summed E-state index contributed by atoms with van der Waals surface area (Å²) in [6.45, 7) is 0. The van der Waals surface area contributed by atoms with E-state index in [0.29, 0.717) is 5.56 Å². The molecule has 0 spiro atoms. The molecule has 3 heterocycles. The smallest absolute Gasteiger partial charge is 0.0633 e. The van der Waals surface area contributed by atoms with Crippen LogP contribution in [0, 0.1) is 0 Å². The molecule has 0 amide bonds. The highest BCUT2D eigenvalue weighted by molar-refractivity contribution is 7.25. The predicted molar refractivity (Wildman–Crippen MR) is 193 cm³/mol. The van der Waals surface area contributed by atoms with Crippen LogP contribution in [0.3, 0.4) is 0 Å². The maximum atomic E-state index is 9.05. The van der Waals surface area contributed by atoms with Gasteiger partial charge in [0.05, 0.1) is 34.6 Å². The van der Waals surface area contributed by atoms with Gasteiger partial charge in [-0.1, -0.05) is 115 Å². The zero-order chi connectivity index (χ0) is 33.8. The first-order chi connectivity index (χ1) is 24.4. The molecule has 0 saturated carbocycles. The lowest BCUT2D eigenvalue weighted by Crippen LogP contribution is -2.00. The van der Waals surface area contributed by atoms with Crippen LogP contribution in [0.1, 0.15) is 6.85 Å². The van der Waals surface area contributed by atoms with E-state index in [2.05, 4.69) is 100 Å². The zero-order valence-corrected chi connectivity index (χ0v) is 24.7. The van der Waals surface area contributed by atoms with Crippen molar-refractivity contribution in [1.29, 1.82) is 0 Å². The van der Waals surface area contributed by atoms with Gasteiger partial charge in [-0.05, 0) is 48.0 Å². The van der Waals surface area contributed by atoms with Crippen molar-refractivity contribution in [2.45, 2.75) is 0 Å². The molecule has 0 atom stereocenters. The molecule has 210 valence electrons. The Balaban J connectivity index is 1.40. The predicted octanol–water partition coefficient (Wildman–Crippen LogP) is 11.9. The highest BCUT2D eigenvalue weighted by Gasteiger charge is 2.22. The van der Waals surface area contributed by atoms with Gasteiger partial charge in [-0.15, -0.1) is 11.3 Å². The third-order valence-electron chi connectivity index (χ3n) is 9.00. The fourth-order valence-corrected chi connectivity index (χ4v) is 8.27. The van der Waals surface area contributed by atoms with Crippen molar-refractivity contribution in [3.8, 4) is 22.5 Å². The van der Waals surface area contributed by atoms with Gasteiger partial charge in [-0.2, -0.15) is 0 Å². The van der Waals surface area contributed by atoms with Gasteiger partial charge >= 0.3 is 0 Å². The molecule has 0 radical (unpaired) electrons. The molecule has 0 aliphatic carbocycles. The first-order valence-electron chi connectivity index (χ1n) is 17.5. The third-order valence-corrected chi connectivity index (χ3v) is 10.1. The Morgan fingerprint density at radius 1 is 0.467 bits per heavy atom. The maximum Gasteiger partial charge on any atom is 0.0633 e. The largest absolute Gasteiger partial charge is 0.309 e. The highest BCUT2D eigenvalue weighted by atomic mass is 32.1. The monoisotopic (exact) mass is 595 g/mol. The van der Waals surface area contributed by atoms with Crippen molar-refractivity contribution in [1.82, 2.24) is 9.13 Å². The van der Waals surface area contributed by atoms with E-state index in [1.165, 1.54) is 10.8 Å². The SMILES string of the molecule is [2H]c1c([2H])c([2H])c(-c2ccc3sc4ccccc4c3c2-n2c3ccccc3c3ccc(-n4c5ccccc5c5ccccc54)cc32)c([2H])c1[2H]. The number of hydrogen-bond donors (Lipinski definition) is 0. The number of hydrogen-bond acceptors (Lipinski definition) is 1. The lowest BCUT2D eigenvalue weighted by atomic mass is 9.99. The Morgan fingerprint density at radius 3 is 1.73 bits per heavy atom. The van der Waals surface area contributed by atoms with Crippen molar-refractivity contribution in [2.24, 2.45) is 0 Å². The maximum absolute atomic E-state index is 9.05. The summed E-state index contributed by atoms with van der Waals surface area (Å²) < 4.78 is 50.3. The molecule has 45 heavy (non-hydrogen) atoms. The van der Waals surface area contributed by atoms with Gasteiger partial charge in [0.1, 0.15) is 0 Å². The second-order valence-corrected chi connectivity index (χ2v) is 12.4. The van der Waals surface area contributed by atoms with E-state index in [4.69, 9.17) is 6.85 Å². The van der Waals surface area contributed by atoms with E-state index in [0.717, 1.165) is 64.4 Å². The Hall–Kier alpha value is -5.64. The van der Waals surface area contributed by atoms with Gasteiger partial charge in [0.15, 0.2) is 0 Å². The zero-order valence-electron chi connectivity index (χ0n) is 28.9. The number of benzene rings is 7. The summed E-state index contributed by atoms with van der Waals surface area (Å²) in [7, 11) is 0. The number of aromatic nitrogens is 2. The van der Waals surface area contributed by atoms with Crippen LogP contribution in [0.5, 0.6) is 0 Å². The first-order valence-corrected chi connectivity index (χ1v) is 15.8. The molecule has 0 unspecified atom stereocenters. The summed E-state index contributed by atoms with van der Waals surface area (Å²) in [4.78, 5) is 0. The van der Waals surface area contributed by atoms with E-state index in [1.807, 2.05) is 36.4 Å². The van der Waals surface area contributed by atoms with Crippen molar-refractivity contribution in [3.63, 3.8) is 0 Å². The summed E-state index contributed by atoms with van der Waals surface area (Å²) in [5.74, 6) is 0. The van der Waals surface area contributed by atoms with Crippen LogP contribution in [-0.2, 0) is 0 Å². The minimum atomic E-state index is -0.403. The Labute approximate surface area is 270 Å². The van der Waals surface area contributed by atoms with E-state index in [1.54, 1.807) is 11.3 Å². The lowest BCUT2D eigenvalue weighted by molar-refractivity contribution is 1.16. The van der Waals surface area contributed by atoms with Gasteiger partial charge in [0, 0.05) is 53.0 Å². The van der Waals surface area contributed by atoms with Gasteiger partial charge in [-0.3, -0.25) is 0 Å². The Kier molecular flexibility index (Phi) is 4.26. The molecule has 2 nitrogen and oxygen atoms in total. The fourth-order valence-electron chi connectivity index (χ4n) is 7.16. The minimum absolute atomic E-state index is 0.188. The number of fused-ring (bicyclic) bond motifs is 9. The molecule has 3 aromatic heterocycles. The molecular formula is C42H26N2S. The number of rotatable bonds is 3. The third kappa shape index (κ3) is 3.50. The summed E-state index contributed by atoms with van der Waals surface area (Å²) in [5, 5.41) is 6.54. The molecule has 0 saturated heterocycles. The summed E-state index contributed by atoms with van der Waals surface area (Å²) >= 11 is 1.69. The van der Waals surface area contributed by atoms with Gasteiger partial charge in [0.25, 0.3) is 0 Å². The van der Waals surface area contributed by atoms with Gasteiger partial charge < -0.3 is 9.13 Å². The molecule has 0 N–H and O–H groups in total. The van der Waals surface area contributed by atoms with Crippen molar-refractivity contribution in [3.05, 3.63) is 158 Å². The molecule has 3 heteroatoms. The van der Waals surface area contributed by atoms with Crippen LogP contribution in [0.2, 0.25) is 0 Å². The summed E-state index contributed by atoms with van der Waals surface area (Å²) in [5.41, 5.74) is 6.73. The van der Waals surface area contributed by atoms with E-state index in [-0.39, 0.29) is 29.7 Å². The van der Waals surface area contributed by atoms with Gasteiger partial charge in [0.2, 0.25) is 0 Å². The first kappa shape index (κ1) is 20.3. The molecule has 0 fully saturated rings. The van der Waals surface area contributed by atoms with Crippen molar-refractivity contribution >= 4 is 75.1 Å². The lowest BCUT2D eigenvalue weighted by Gasteiger charge is -2.17. The molecule has 0 aliphatic rings. The number of para-hydroxylation sites is 3. The number of nitrogens with zero attached hydrogens (tertiary/aromatic N) is 2. The van der Waals surface area contributed by atoms with Crippen LogP contribution >= 0.6 is 11.3 Å². The molecular weight excluding hydrogens is 565 g/mol. The molecule has 10 aromatic rings.